The molecule has 2 aliphatic rings. The molecule has 0 spiro atoms. The molecule has 3 heterocycles. The summed E-state index contributed by atoms with van der Waals surface area (Å²) >= 11 is 5.97. The zero-order valence-electron chi connectivity index (χ0n) is 17.8. The van der Waals surface area contributed by atoms with Gasteiger partial charge in [0, 0.05) is 69.7 Å². The van der Waals surface area contributed by atoms with E-state index in [1.807, 2.05) is 46.3 Å². The second-order valence-electron chi connectivity index (χ2n) is 8.45. The van der Waals surface area contributed by atoms with E-state index < -0.39 is 0 Å². The molecule has 4 rings (SSSR count). The summed E-state index contributed by atoms with van der Waals surface area (Å²) in [6, 6.07) is 11.6. The number of rotatable bonds is 5. The summed E-state index contributed by atoms with van der Waals surface area (Å²) in [5.41, 5.74) is 2.23. The van der Waals surface area contributed by atoms with Crippen molar-refractivity contribution in [3.05, 3.63) is 64.9 Å². The molecule has 164 valence electrons. The van der Waals surface area contributed by atoms with Crippen LogP contribution < -0.4 is 0 Å². The molecule has 0 unspecified atom stereocenters. The highest BCUT2D eigenvalue weighted by atomic mass is 35.5. The highest BCUT2D eigenvalue weighted by molar-refractivity contribution is 6.30. The van der Waals surface area contributed by atoms with Crippen molar-refractivity contribution in [2.24, 2.45) is 5.92 Å². The maximum absolute atomic E-state index is 13.3. The van der Waals surface area contributed by atoms with Gasteiger partial charge in [-0.15, -0.1) is 0 Å². The van der Waals surface area contributed by atoms with E-state index in [2.05, 4.69) is 16.0 Å². The van der Waals surface area contributed by atoms with Gasteiger partial charge in [0.05, 0.1) is 5.92 Å². The number of carbonyl (C=O) groups is 2. The molecular weight excluding hydrogens is 412 g/mol. The molecule has 31 heavy (non-hydrogen) atoms. The van der Waals surface area contributed by atoms with Crippen molar-refractivity contribution in [1.82, 2.24) is 19.7 Å². The zero-order valence-corrected chi connectivity index (χ0v) is 18.5. The van der Waals surface area contributed by atoms with Crippen LogP contribution in [0.3, 0.4) is 0 Å². The van der Waals surface area contributed by atoms with Crippen molar-refractivity contribution in [2.45, 2.75) is 32.4 Å². The standard InChI is InChI=1S/C24H29ClN4O2/c25-22-7-4-19(5-8-22)17-29-18-21(6-9-23(29)30)24(31)28-12-2-11-27(13-14-28)16-20-3-1-10-26-15-20/h1,3-5,7-8,10,15,21H,2,6,9,11-14,16-18H2/t21-/m0/s1. The van der Waals surface area contributed by atoms with Crippen LogP contribution in [0.15, 0.2) is 48.8 Å². The average molecular weight is 441 g/mol. The van der Waals surface area contributed by atoms with Crippen molar-refractivity contribution in [3.8, 4) is 0 Å². The third kappa shape index (κ3) is 5.83. The van der Waals surface area contributed by atoms with Crippen molar-refractivity contribution in [2.75, 3.05) is 32.7 Å². The highest BCUT2D eigenvalue weighted by Gasteiger charge is 2.33. The monoisotopic (exact) mass is 440 g/mol. The molecular formula is C24H29ClN4O2. The topological polar surface area (TPSA) is 56.8 Å². The Morgan fingerprint density at radius 3 is 2.65 bits per heavy atom. The van der Waals surface area contributed by atoms with Crippen molar-refractivity contribution in [3.63, 3.8) is 0 Å². The summed E-state index contributed by atoms with van der Waals surface area (Å²) in [5, 5.41) is 0.681. The molecule has 0 radical (unpaired) electrons. The molecule has 0 N–H and O–H groups in total. The molecule has 1 atom stereocenters. The van der Waals surface area contributed by atoms with Gasteiger partial charge in [0.2, 0.25) is 11.8 Å². The minimum atomic E-state index is -0.116. The van der Waals surface area contributed by atoms with Crippen LogP contribution in [0.2, 0.25) is 5.02 Å². The quantitative estimate of drug-likeness (QED) is 0.716. The van der Waals surface area contributed by atoms with Gasteiger partial charge in [0.1, 0.15) is 0 Å². The SMILES string of the molecule is O=C1CC[C@H](C(=O)N2CCCN(Cc3cccnc3)CC2)CN1Cc1ccc(Cl)cc1. The molecule has 1 aromatic heterocycles. The molecule has 2 saturated heterocycles. The first kappa shape index (κ1) is 21.8. The van der Waals surface area contributed by atoms with E-state index in [0.717, 1.165) is 44.7 Å². The Hall–Kier alpha value is -2.44. The fraction of sp³-hybridized carbons (Fsp3) is 0.458. The number of benzene rings is 1. The average Bonchev–Trinajstić information content (AvgIpc) is 3.02. The summed E-state index contributed by atoms with van der Waals surface area (Å²) in [6.07, 6.45) is 5.74. The Balaban J connectivity index is 1.32. The Morgan fingerprint density at radius 1 is 1.03 bits per heavy atom. The van der Waals surface area contributed by atoms with E-state index in [9.17, 15) is 9.59 Å². The van der Waals surface area contributed by atoms with Crippen molar-refractivity contribution >= 4 is 23.4 Å². The minimum Gasteiger partial charge on any atom is -0.341 e. The smallest absolute Gasteiger partial charge is 0.227 e. The lowest BCUT2D eigenvalue weighted by Crippen LogP contribution is -2.47. The van der Waals surface area contributed by atoms with Crippen LogP contribution in [0, 0.1) is 5.92 Å². The number of carbonyl (C=O) groups excluding carboxylic acids is 2. The summed E-state index contributed by atoms with van der Waals surface area (Å²) in [5.74, 6) is 0.198. The molecule has 1 aromatic carbocycles. The largest absolute Gasteiger partial charge is 0.341 e. The molecule has 0 saturated carbocycles. The van der Waals surface area contributed by atoms with E-state index in [4.69, 9.17) is 11.6 Å². The molecule has 2 amide bonds. The number of halogens is 1. The number of aromatic nitrogens is 1. The lowest BCUT2D eigenvalue weighted by Gasteiger charge is -2.34. The predicted molar refractivity (Wildman–Crippen MR) is 120 cm³/mol. The number of likely N-dealkylation sites (tertiary alicyclic amines) is 1. The number of hydrogen-bond acceptors (Lipinski definition) is 4. The summed E-state index contributed by atoms with van der Waals surface area (Å²) in [4.78, 5) is 36.1. The third-order valence-electron chi connectivity index (χ3n) is 6.17. The van der Waals surface area contributed by atoms with Gasteiger partial charge in [-0.1, -0.05) is 29.8 Å². The molecule has 2 aliphatic heterocycles. The first-order valence-corrected chi connectivity index (χ1v) is 11.4. The van der Waals surface area contributed by atoms with E-state index in [1.54, 1.807) is 6.20 Å². The number of pyridine rings is 1. The fourth-order valence-corrected chi connectivity index (χ4v) is 4.56. The number of amides is 2. The van der Waals surface area contributed by atoms with Gasteiger partial charge in [0.15, 0.2) is 0 Å². The number of nitrogens with zero attached hydrogens (tertiary/aromatic N) is 4. The van der Waals surface area contributed by atoms with Gasteiger partial charge in [-0.05, 0) is 42.2 Å². The lowest BCUT2D eigenvalue weighted by atomic mass is 9.95. The van der Waals surface area contributed by atoms with Crippen LogP contribution in [-0.2, 0) is 22.7 Å². The van der Waals surface area contributed by atoms with Crippen LogP contribution in [0.25, 0.3) is 0 Å². The Bertz CT molecular complexity index is 890. The number of hydrogen-bond donors (Lipinski definition) is 0. The van der Waals surface area contributed by atoms with E-state index in [0.29, 0.717) is 31.0 Å². The van der Waals surface area contributed by atoms with Crippen molar-refractivity contribution in [1.29, 1.82) is 0 Å². The zero-order chi connectivity index (χ0) is 21.6. The van der Waals surface area contributed by atoms with Gasteiger partial charge in [-0.3, -0.25) is 19.5 Å². The van der Waals surface area contributed by atoms with Crippen LogP contribution in [0.1, 0.15) is 30.4 Å². The molecule has 7 heteroatoms. The number of piperidine rings is 1. The third-order valence-corrected chi connectivity index (χ3v) is 6.42. The molecule has 0 bridgehead atoms. The van der Waals surface area contributed by atoms with E-state index in [1.165, 1.54) is 5.56 Å². The van der Waals surface area contributed by atoms with Gasteiger partial charge in [-0.2, -0.15) is 0 Å². The minimum absolute atomic E-state index is 0.116. The summed E-state index contributed by atoms with van der Waals surface area (Å²) in [6.45, 7) is 5.24. The second-order valence-corrected chi connectivity index (χ2v) is 8.89. The molecule has 2 aromatic rings. The van der Waals surface area contributed by atoms with E-state index >= 15 is 0 Å². The molecule has 0 aliphatic carbocycles. The van der Waals surface area contributed by atoms with Crippen molar-refractivity contribution < 1.29 is 9.59 Å². The van der Waals surface area contributed by atoms with Crippen LogP contribution in [0.5, 0.6) is 0 Å². The van der Waals surface area contributed by atoms with Crippen LogP contribution >= 0.6 is 11.6 Å². The highest BCUT2D eigenvalue weighted by Crippen LogP contribution is 2.23. The molecule has 2 fully saturated rings. The fourth-order valence-electron chi connectivity index (χ4n) is 4.44. The summed E-state index contributed by atoms with van der Waals surface area (Å²) in [7, 11) is 0. The lowest BCUT2D eigenvalue weighted by molar-refractivity contribution is -0.143. The maximum Gasteiger partial charge on any atom is 0.227 e. The Labute approximate surface area is 188 Å². The molecule has 6 nitrogen and oxygen atoms in total. The first-order valence-electron chi connectivity index (χ1n) is 11.0. The van der Waals surface area contributed by atoms with Gasteiger partial charge in [0.25, 0.3) is 0 Å². The van der Waals surface area contributed by atoms with E-state index in [-0.39, 0.29) is 17.7 Å². The van der Waals surface area contributed by atoms with Gasteiger partial charge >= 0.3 is 0 Å². The predicted octanol–water partition coefficient (Wildman–Crippen LogP) is 3.21. The summed E-state index contributed by atoms with van der Waals surface area (Å²) < 4.78 is 0. The normalized spacial score (nSPS) is 20.5. The van der Waals surface area contributed by atoms with Crippen LogP contribution in [0.4, 0.5) is 0 Å². The maximum atomic E-state index is 13.3. The van der Waals surface area contributed by atoms with Gasteiger partial charge < -0.3 is 9.80 Å². The van der Waals surface area contributed by atoms with Gasteiger partial charge in [-0.25, -0.2) is 0 Å². The Kier molecular flexibility index (Phi) is 7.20. The van der Waals surface area contributed by atoms with Crippen LogP contribution in [-0.4, -0.2) is 64.2 Å². The first-order chi connectivity index (χ1) is 15.1. The second kappa shape index (κ2) is 10.2. The Morgan fingerprint density at radius 2 is 1.87 bits per heavy atom.